The smallest absolute Gasteiger partial charge is 0.316 e. The average molecular weight is 480 g/mol. The monoisotopic (exact) mass is 479 g/mol. The van der Waals surface area contributed by atoms with Gasteiger partial charge in [0, 0.05) is 23.0 Å². The van der Waals surface area contributed by atoms with Crippen LogP contribution in [-0.4, -0.2) is 39.3 Å². The average Bonchev–Trinajstić information content (AvgIpc) is 2.87. The maximum Gasteiger partial charge on any atom is 0.316 e. The molecule has 0 aliphatic heterocycles. The van der Waals surface area contributed by atoms with E-state index in [1.54, 1.807) is 31.5 Å². The lowest BCUT2D eigenvalue weighted by Gasteiger charge is -2.11. The van der Waals surface area contributed by atoms with Crippen LogP contribution < -0.4 is 14.8 Å². The van der Waals surface area contributed by atoms with E-state index in [9.17, 15) is 9.50 Å². The van der Waals surface area contributed by atoms with Crippen molar-refractivity contribution in [3.05, 3.63) is 78.0 Å². The number of hydrogen-bond acceptors (Lipinski definition) is 8. The SMILES string of the molecule is COc1cc2ncnc(Nc3cccc(Cl)c3F)c2cc1O.COc1ncc2ccccc2n1. The van der Waals surface area contributed by atoms with Gasteiger partial charge < -0.3 is 19.9 Å². The van der Waals surface area contributed by atoms with E-state index in [0.717, 1.165) is 10.9 Å². The Morgan fingerprint density at radius 2 is 1.76 bits per heavy atom. The molecule has 0 radical (unpaired) electrons. The van der Waals surface area contributed by atoms with Crippen molar-refractivity contribution in [3.8, 4) is 17.5 Å². The summed E-state index contributed by atoms with van der Waals surface area (Å²) < 4.78 is 23.9. The third-order valence-electron chi connectivity index (χ3n) is 4.79. The highest BCUT2D eigenvalue weighted by Crippen LogP contribution is 2.34. The van der Waals surface area contributed by atoms with E-state index < -0.39 is 5.82 Å². The number of para-hydroxylation sites is 1. The highest BCUT2D eigenvalue weighted by Gasteiger charge is 2.12. The van der Waals surface area contributed by atoms with Gasteiger partial charge in [-0.25, -0.2) is 19.3 Å². The molecule has 0 saturated heterocycles. The fourth-order valence-corrected chi connectivity index (χ4v) is 3.29. The summed E-state index contributed by atoms with van der Waals surface area (Å²) >= 11 is 5.76. The van der Waals surface area contributed by atoms with Crippen molar-refractivity contribution in [1.29, 1.82) is 0 Å². The molecule has 34 heavy (non-hydrogen) atoms. The number of ether oxygens (including phenoxy) is 2. The number of fused-ring (bicyclic) bond motifs is 2. The summed E-state index contributed by atoms with van der Waals surface area (Å²) in [6.07, 6.45) is 3.09. The molecule has 0 atom stereocenters. The van der Waals surface area contributed by atoms with E-state index in [2.05, 4.69) is 25.3 Å². The zero-order valence-electron chi connectivity index (χ0n) is 18.2. The second-order valence-electron chi connectivity index (χ2n) is 6.91. The van der Waals surface area contributed by atoms with E-state index in [1.807, 2.05) is 24.3 Å². The third kappa shape index (κ3) is 4.89. The molecule has 0 spiro atoms. The van der Waals surface area contributed by atoms with Gasteiger partial charge in [-0.1, -0.05) is 35.9 Å². The Hall–Kier alpha value is -4.24. The molecule has 0 amide bonds. The van der Waals surface area contributed by atoms with E-state index >= 15 is 0 Å². The lowest BCUT2D eigenvalue weighted by Crippen LogP contribution is -1.99. The molecule has 8 nitrogen and oxygen atoms in total. The van der Waals surface area contributed by atoms with Crippen LogP contribution in [0.3, 0.4) is 0 Å². The van der Waals surface area contributed by atoms with Crippen molar-refractivity contribution in [2.75, 3.05) is 19.5 Å². The Kier molecular flexibility index (Phi) is 6.84. The first-order chi connectivity index (χ1) is 16.5. The van der Waals surface area contributed by atoms with Crippen LogP contribution in [0.5, 0.6) is 17.5 Å². The summed E-state index contributed by atoms with van der Waals surface area (Å²) in [5.74, 6) is 0.0169. The normalized spacial score (nSPS) is 10.5. The fraction of sp³-hybridized carbons (Fsp3) is 0.0833. The number of benzene rings is 3. The number of methoxy groups -OCH3 is 2. The topological polar surface area (TPSA) is 102 Å². The molecule has 10 heteroatoms. The number of halogens is 2. The highest BCUT2D eigenvalue weighted by molar-refractivity contribution is 6.31. The Bertz CT molecular complexity index is 1470. The first kappa shape index (κ1) is 22.9. The van der Waals surface area contributed by atoms with Crippen LogP contribution in [0.25, 0.3) is 21.8 Å². The second kappa shape index (κ2) is 10.1. The van der Waals surface area contributed by atoms with Gasteiger partial charge in [-0.3, -0.25) is 0 Å². The number of hydrogen-bond donors (Lipinski definition) is 2. The minimum Gasteiger partial charge on any atom is -0.504 e. The standard InChI is InChI=1S/C15H11ClFN3O2.C9H8N2O/c1-22-13-6-11-8(5-12(13)21)15(19-7-18-11)20-10-4-2-3-9(16)14(10)17;1-12-9-10-6-7-4-2-3-5-8(7)11-9/h2-7,21H,1H3,(H,18,19,20);2-6H,1H3. The number of aromatic nitrogens is 4. The predicted molar refractivity (Wildman–Crippen MR) is 129 cm³/mol. The van der Waals surface area contributed by atoms with Crippen LogP contribution >= 0.6 is 11.6 Å². The summed E-state index contributed by atoms with van der Waals surface area (Å²) in [6, 6.07) is 15.9. The quantitative estimate of drug-likeness (QED) is 0.347. The van der Waals surface area contributed by atoms with Crippen LogP contribution in [0.1, 0.15) is 0 Å². The highest BCUT2D eigenvalue weighted by atomic mass is 35.5. The third-order valence-corrected chi connectivity index (χ3v) is 5.08. The van der Waals surface area contributed by atoms with E-state index in [-0.39, 0.29) is 16.5 Å². The van der Waals surface area contributed by atoms with E-state index in [0.29, 0.717) is 28.5 Å². The molecule has 0 bridgehead atoms. The molecular formula is C24H19ClFN5O3. The Morgan fingerprint density at radius 3 is 2.56 bits per heavy atom. The van der Waals surface area contributed by atoms with Crippen LogP contribution in [-0.2, 0) is 0 Å². The zero-order valence-corrected chi connectivity index (χ0v) is 18.9. The molecule has 2 heterocycles. The molecule has 5 rings (SSSR count). The maximum absolute atomic E-state index is 14.0. The molecular weight excluding hydrogens is 461 g/mol. The summed E-state index contributed by atoms with van der Waals surface area (Å²) in [7, 11) is 3.01. The lowest BCUT2D eigenvalue weighted by atomic mass is 10.2. The molecule has 3 aromatic carbocycles. The number of nitrogens with zero attached hydrogens (tertiary/aromatic N) is 4. The number of rotatable bonds is 4. The van der Waals surface area contributed by atoms with Gasteiger partial charge in [0.25, 0.3) is 0 Å². The maximum atomic E-state index is 14.0. The van der Waals surface area contributed by atoms with Crippen molar-refractivity contribution in [3.63, 3.8) is 0 Å². The van der Waals surface area contributed by atoms with Crippen molar-refractivity contribution in [2.24, 2.45) is 0 Å². The zero-order chi connectivity index (χ0) is 24.1. The molecule has 0 aliphatic carbocycles. The number of anilines is 2. The van der Waals surface area contributed by atoms with Gasteiger partial charge in [-0.05, 0) is 24.3 Å². The fourth-order valence-electron chi connectivity index (χ4n) is 3.12. The number of aromatic hydroxyl groups is 1. The van der Waals surface area contributed by atoms with Gasteiger partial charge in [0.05, 0.1) is 36.0 Å². The van der Waals surface area contributed by atoms with E-state index in [4.69, 9.17) is 21.1 Å². The Morgan fingerprint density at radius 1 is 0.941 bits per heavy atom. The number of phenolic OH excluding ortho intramolecular Hbond substituents is 1. The Labute approximate surface area is 199 Å². The van der Waals surface area contributed by atoms with Crippen LogP contribution in [0.4, 0.5) is 15.9 Å². The first-order valence-electron chi connectivity index (χ1n) is 9.98. The lowest BCUT2D eigenvalue weighted by molar-refractivity contribution is 0.374. The van der Waals surface area contributed by atoms with Gasteiger partial charge in [0.2, 0.25) is 0 Å². The molecule has 172 valence electrons. The van der Waals surface area contributed by atoms with Gasteiger partial charge in [-0.15, -0.1) is 0 Å². The Balaban J connectivity index is 0.000000192. The minimum atomic E-state index is -0.575. The van der Waals surface area contributed by atoms with Crippen molar-refractivity contribution in [2.45, 2.75) is 0 Å². The molecule has 0 unspecified atom stereocenters. The molecule has 2 aromatic heterocycles. The van der Waals surface area contributed by atoms with Gasteiger partial charge in [0.15, 0.2) is 17.3 Å². The predicted octanol–water partition coefficient (Wildman–Crippen LogP) is 5.52. The minimum absolute atomic E-state index is 0.00729. The molecule has 0 saturated carbocycles. The van der Waals surface area contributed by atoms with E-state index in [1.165, 1.54) is 25.6 Å². The summed E-state index contributed by atoms with van der Waals surface area (Å²) in [6.45, 7) is 0. The largest absolute Gasteiger partial charge is 0.504 e. The van der Waals surface area contributed by atoms with Gasteiger partial charge >= 0.3 is 6.01 Å². The number of phenols is 1. The molecule has 5 aromatic rings. The summed E-state index contributed by atoms with van der Waals surface area (Å²) in [5.41, 5.74) is 1.64. The summed E-state index contributed by atoms with van der Waals surface area (Å²) in [5, 5.41) is 14.3. The van der Waals surface area contributed by atoms with Crippen molar-refractivity contribution >= 4 is 44.9 Å². The van der Waals surface area contributed by atoms with Crippen LogP contribution in [0.15, 0.2) is 67.1 Å². The van der Waals surface area contributed by atoms with Gasteiger partial charge in [0.1, 0.15) is 12.1 Å². The first-order valence-corrected chi connectivity index (χ1v) is 10.4. The number of nitrogens with one attached hydrogen (secondary N) is 1. The van der Waals surface area contributed by atoms with Crippen LogP contribution in [0.2, 0.25) is 5.02 Å². The van der Waals surface area contributed by atoms with Crippen molar-refractivity contribution in [1.82, 2.24) is 19.9 Å². The van der Waals surface area contributed by atoms with Crippen molar-refractivity contribution < 1.29 is 19.0 Å². The molecule has 0 aliphatic rings. The van der Waals surface area contributed by atoms with Crippen LogP contribution in [0, 0.1) is 5.82 Å². The molecule has 2 N–H and O–H groups in total. The van der Waals surface area contributed by atoms with Gasteiger partial charge in [-0.2, -0.15) is 4.98 Å². The molecule has 0 fully saturated rings. The second-order valence-corrected chi connectivity index (χ2v) is 7.31. The summed E-state index contributed by atoms with van der Waals surface area (Å²) in [4.78, 5) is 16.3.